The van der Waals surface area contributed by atoms with E-state index in [0.29, 0.717) is 0 Å². The third-order valence-electron chi connectivity index (χ3n) is 5.30. The first-order valence-electron chi connectivity index (χ1n) is 10.4. The topological polar surface area (TPSA) is 71.8 Å². The fourth-order valence-electron chi connectivity index (χ4n) is 3.55. The smallest absolute Gasteiger partial charge is 0.240 e. The lowest BCUT2D eigenvalue weighted by Crippen LogP contribution is -2.41. The van der Waals surface area contributed by atoms with Gasteiger partial charge in [-0.05, 0) is 43.0 Å². The Morgan fingerprint density at radius 1 is 1.10 bits per heavy atom. The first kappa shape index (κ1) is 20.5. The molecule has 7 heteroatoms. The zero-order valence-corrected chi connectivity index (χ0v) is 18.4. The molecule has 0 aliphatic carbocycles. The molecule has 30 heavy (non-hydrogen) atoms. The fourth-order valence-corrected chi connectivity index (χ4v) is 4.64. The lowest BCUT2D eigenvalue weighted by molar-refractivity contribution is -0.116. The van der Waals surface area contributed by atoms with Crippen LogP contribution in [0.3, 0.4) is 0 Å². The van der Waals surface area contributed by atoms with E-state index in [9.17, 15) is 4.79 Å². The Balaban J connectivity index is 1.65. The highest BCUT2D eigenvalue weighted by Crippen LogP contribution is 2.37. The summed E-state index contributed by atoms with van der Waals surface area (Å²) < 4.78 is 1.95. The highest BCUT2D eigenvalue weighted by atomic mass is 32.2. The number of carbonyl (C=O) groups is 1. The molecule has 0 fully saturated rings. The summed E-state index contributed by atoms with van der Waals surface area (Å²) in [6, 6.07) is 16.1. The van der Waals surface area contributed by atoms with E-state index in [1.807, 2.05) is 35.9 Å². The second-order valence-electron chi connectivity index (χ2n) is 7.58. The molecule has 1 aliphatic rings. The number of hydrogen-bond acceptors (Lipinski definition) is 5. The molecule has 0 spiro atoms. The molecule has 0 unspecified atom stereocenters. The lowest BCUT2D eigenvalue weighted by Gasteiger charge is -2.33. The minimum absolute atomic E-state index is 0.0489. The summed E-state index contributed by atoms with van der Waals surface area (Å²) in [6.07, 6.45) is 2.81. The van der Waals surface area contributed by atoms with Crippen LogP contribution in [0.1, 0.15) is 48.8 Å². The van der Waals surface area contributed by atoms with Gasteiger partial charge in [0, 0.05) is 12.1 Å². The summed E-state index contributed by atoms with van der Waals surface area (Å²) in [4.78, 5) is 13.3. The van der Waals surface area contributed by atoms with Crippen molar-refractivity contribution in [3.8, 4) is 0 Å². The van der Waals surface area contributed by atoms with Crippen molar-refractivity contribution in [2.24, 2.45) is 0 Å². The number of benzene rings is 2. The number of nitrogens with zero attached hydrogens (tertiary/aromatic N) is 3. The molecule has 6 nitrogen and oxygen atoms in total. The van der Waals surface area contributed by atoms with Crippen LogP contribution in [0.4, 0.5) is 5.69 Å². The van der Waals surface area contributed by atoms with E-state index in [1.54, 1.807) is 0 Å². The fraction of sp³-hybridized carbons (Fsp3) is 0.348. The molecule has 3 aromatic rings. The zero-order valence-electron chi connectivity index (χ0n) is 17.6. The summed E-state index contributed by atoms with van der Waals surface area (Å²) in [5.74, 6) is 0.847. The zero-order chi connectivity index (χ0) is 21.1. The van der Waals surface area contributed by atoms with Crippen LogP contribution in [0, 0.1) is 6.92 Å². The average Bonchev–Trinajstić information content (AvgIpc) is 3.16. The molecule has 1 aliphatic heterocycles. The van der Waals surface area contributed by atoms with Crippen molar-refractivity contribution >= 4 is 23.4 Å². The Labute approximate surface area is 181 Å². The van der Waals surface area contributed by atoms with Crippen molar-refractivity contribution in [3.05, 3.63) is 71.0 Å². The number of fused-ring (bicyclic) bond motifs is 1. The molecule has 0 bridgehead atoms. The van der Waals surface area contributed by atoms with E-state index in [-0.39, 0.29) is 17.2 Å². The first-order valence-corrected chi connectivity index (χ1v) is 11.3. The molecule has 0 saturated carbocycles. The number of anilines is 1. The van der Waals surface area contributed by atoms with E-state index < -0.39 is 0 Å². The first-order chi connectivity index (χ1) is 14.6. The Bertz CT molecular complexity index is 1010. The molecule has 156 valence electrons. The van der Waals surface area contributed by atoms with Gasteiger partial charge in [-0.25, -0.2) is 4.68 Å². The van der Waals surface area contributed by atoms with Crippen LogP contribution >= 0.6 is 11.8 Å². The van der Waals surface area contributed by atoms with Gasteiger partial charge < -0.3 is 10.7 Å². The van der Waals surface area contributed by atoms with Crippen molar-refractivity contribution < 1.29 is 4.79 Å². The minimum atomic E-state index is -0.370. The van der Waals surface area contributed by atoms with Gasteiger partial charge in [-0.2, -0.15) is 0 Å². The van der Waals surface area contributed by atoms with Crippen LogP contribution in [-0.4, -0.2) is 26.0 Å². The van der Waals surface area contributed by atoms with Crippen LogP contribution < -0.4 is 10.7 Å². The predicted octanol–water partition coefficient (Wildman–Crippen LogP) is 4.50. The van der Waals surface area contributed by atoms with Gasteiger partial charge >= 0.3 is 0 Å². The largest absolute Gasteiger partial charge is 0.325 e. The number of thioether (sulfide) groups is 1. The van der Waals surface area contributed by atoms with Crippen molar-refractivity contribution in [2.75, 3.05) is 10.7 Å². The van der Waals surface area contributed by atoms with Crippen LogP contribution in [0.2, 0.25) is 0 Å². The molecular formula is C23H27N5OS. The molecule has 2 aromatic carbocycles. The molecule has 2 atom stereocenters. The van der Waals surface area contributed by atoms with Crippen molar-refractivity contribution in [1.29, 1.82) is 0 Å². The molecular weight excluding hydrogens is 394 g/mol. The SMILES string of the molecule is CCCc1nnc2n1N[C@H](c1ccc(CC)cc1)[C@H](C(=O)Nc1ccc(C)cc1)S2. The maximum absolute atomic E-state index is 13.3. The maximum Gasteiger partial charge on any atom is 0.240 e. The van der Waals surface area contributed by atoms with Gasteiger partial charge in [0.05, 0.1) is 6.04 Å². The van der Waals surface area contributed by atoms with Crippen LogP contribution in [0.25, 0.3) is 0 Å². The molecule has 2 heterocycles. The van der Waals surface area contributed by atoms with Gasteiger partial charge in [0.2, 0.25) is 11.1 Å². The number of hydrogen-bond donors (Lipinski definition) is 2. The Hall–Kier alpha value is -2.80. The third kappa shape index (κ3) is 4.21. The van der Waals surface area contributed by atoms with Gasteiger partial charge in [-0.15, -0.1) is 10.2 Å². The van der Waals surface area contributed by atoms with Crippen molar-refractivity contribution in [3.63, 3.8) is 0 Å². The van der Waals surface area contributed by atoms with Gasteiger partial charge in [0.1, 0.15) is 5.25 Å². The summed E-state index contributed by atoms with van der Waals surface area (Å²) in [5.41, 5.74) is 7.83. The van der Waals surface area contributed by atoms with Gasteiger partial charge in [-0.3, -0.25) is 4.79 Å². The van der Waals surface area contributed by atoms with E-state index in [4.69, 9.17) is 0 Å². The second-order valence-corrected chi connectivity index (χ2v) is 8.69. The summed E-state index contributed by atoms with van der Waals surface area (Å²) >= 11 is 1.46. The van der Waals surface area contributed by atoms with E-state index in [2.05, 4.69) is 59.1 Å². The molecule has 2 N–H and O–H groups in total. The Morgan fingerprint density at radius 2 is 1.83 bits per heavy atom. The highest BCUT2D eigenvalue weighted by molar-refractivity contribution is 8.00. The molecule has 0 saturated heterocycles. The van der Waals surface area contributed by atoms with Crippen molar-refractivity contribution in [1.82, 2.24) is 14.9 Å². The number of rotatable bonds is 6. The molecule has 4 rings (SSSR count). The number of nitrogens with one attached hydrogen (secondary N) is 2. The highest BCUT2D eigenvalue weighted by Gasteiger charge is 2.37. The summed E-state index contributed by atoms with van der Waals surface area (Å²) in [7, 11) is 0. The molecule has 1 aromatic heterocycles. The molecule has 1 amide bonds. The van der Waals surface area contributed by atoms with Crippen LogP contribution in [0.15, 0.2) is 53.7 Å². The van der Waals surface area contributed by atoms with Crippen molar-refractivity contribution in [2.45, 2.75) is 56.5 Å². The average molecular weight is 422 g/mol. The summed E-state index contributed by atoms with van der Waals surface area (Å²) in [5, 5.41) is 12.1. The lowest BCUT2D eigenvalue weighted by atomic mass is 10.0. The van der Waals surface area contributed by atoms with Gasteiger partial charge in [-0.1, -0.05) is 67.6 Å². The monoisotopic (exact) mass is 421 g/mol. The minimum Gasteiger partial charge on any atom is -0.325 e. The van der Waals surface area contributed by atoms with E-state index in [1.165, 1.54) is 17.3 Å². The van der Waals surface area contributed by atoms with E-state index in [0.717, 1.165) is 47.1 Å². The van der Waals surface area contributed by atoms with Gasteiger partial charge in [0.15, 0.2) is 5.82 Å². The normalized spacial score (nSPS) is 17.8. The van der Waals surface area contributed by atoms with Gasteiger partial charge in [0.25, 0.3) is 0 Å². The van der Waals surface area contributed by atoms with E-state index >= 15 is 0 Å². The second kappa shape index (κ2) is 8.92. The molecule has 0 radical (unpaired) electrons. The Morgan fingerprint density at radius 3 is 2.50 bits per heavy atom. The maximum atomic E-state index is 13.3. The van der Waals surface area contributed by atoms with Crippen LogP contribution in [-0.2, 0) is 17.6 Å². The number of aromatic nitrogens is 3. The quantitative estimate of drug-likeness (QED) is 0.613. The Kier molecular flexibility index (Phi) is 6.08. The number of aryl methyl sites for hydroxylation is 3. The number of amides is 1. The number of carbonyl (C=O) groups excluding carboxylic acids is 1. The van der Waals surface area contributed by atoms with Crippen LogP contribution in [0.5, 0.6) is 0 Å². The summed E-state index contributed by atoms with van der Waals surface area (Å²) in [6.45, 7) is 6.29. The third-order valence-corrected chi connectivity index (χ3v) is 6.52. The predicted molar refractivity (Wildman–Crippen MR) is 121 cm³/mol. The standard InChI is InChI=1S/C23H27N5OS/c1-4-6-19-25-26-23-28(19)27-20(17-11-9-16(5-2)10-12-17)21(30-23)22(29)24-18-13-7-15(3)8-14-18/h7-14,20-21,27H,4-6H2,1-3H3,(H,24,29)/t20-,21-/m1/s1.